The number of benzene rings is 1. The summed E-state index contributed by atoms with van der Waals surface area (Å²) in [5, 5.41) is 2.88. The Hall–Kier alpha value is -2.87. The molecule has 3 aromatic rings. The average Bonchev–Trinajstić information content (AvgIpc) is 2.96. The van der Waals surface area contributed by atoms with E-state index in [4.69, 9.17) is 0 Å². The molecule has 3 heterocycles. The maximum atomic E-state index is 12.9. The molecule has 7 nitrogen and oxygen atoms in total. The van der Waals surface area contributed by atoms with E-state index in [0.29, 0.717) is 35.0 Å². The lowest BCUT2D eigenvalue weighted by atomic mass is 10.0. The Kier molecular flexibility index (Phi) is 4.15. The molecular weight excluding hydrogens is 364 g/mol. The van der Waals surface area contributed by atoms with Crippen molar-refractivity contribution in [2.45, 2.75) is 19.8 Å². The number of imidazole rings is 1. The number of amides is 1. The molecule has 0 unspecified atom stereocenters. The van der Waals surface area contributed by atoms with Crippen molar-refractivity contribution in [1.82, 2.24) is 9.38 Å². The van der Waals surface area contributed by atoms with Crippen molar-refractivity contribution in [1.29, 1.82) is 0 Å². The van der Waals surface area contributed by atoms with Crippen LogP contribution in [0.4, 0.5) is 11.4 Å². The fraction of sp³-hybridized carbons (Fsp3) is 0.263. The van der Waals surface area contributed by atoms with Gasteiger partial charge in [0.25, 0.3) is 5.91 Å². The molecule has 27 heavy (non-hydrogen) atoms. The molecule has 0 fully saturated rings. The molecule has 1 amide bonds. The number of sulfonamides is 1. The fourth-order valence-electron chi connectivity index (χ4n) is 3.54. The molecule has 140 valence electrons. The van der Waals surface area contributed by atoms with Gasteiger partial charge in [0.05, 0.1) is 17.6 Å². The highest BCUT2D eigenvalue weighted by atomic mass is 32.2. The summed E-state index contributed by atoms with van der Waals surface area (Å²) in [4.78, 5) is 17.3. The average molecular weight is 384 g/mol. The van der Waals surface area contributed by atoms with E-state index >= 15 is 0 Å². The number of aromatic nitrogens is 2. The van der Waals surface area contributed by atoms with Gasteiger partial charge in [0, 0.05) is 18.4 Å². The molecule has 1 aromatic carbocycles. The Balaban J connectivity index is 1.69. The minimum absolute atomic E-state index is 0.284. The van der Waals surface area contributed by atoms with E-state index in [9.17, 15) is 13.2 Å². The van der Waals surface area contributed by atoms with Crippen molar-refractivity contribution in [2.24, 2.45) is 0 Å². The molecule has 0 atom stereocenters. The van der Waals surface area contributed by atoms with Gasteiger partial charge in [0.1, 0.15) is 11.3 Å². The SMILES string of the molecule is Cc1nc2ccccn2c1C(=O)Nc1ccc2c(c1)N(S(C)(=O)=O)CCC2. The topological polar surface area (TPSA) is 83.8 Å². The molecular formula is C19H20N4O3S. The van der Waals surface area contributed by atoms with Crippen molar-refractivity contribution < 1.29 is 13.2 Å². The summed E-state index contributed by atoms with van der Waals surface area (Å²) in [6, 6.07) is 11.0. The first-order valence-electron chi connectivity index (χ1n) is 8.70. The lowest BCUT2D eigenvalue weighted by molar-refractivity contribution is 0.102. The Morgan fingerprint density at radius 2 is 2.04 bits per heavy atom. The third-order valence-corrected chi connectivity index (χ3v) is 5.92. The normalized spacial score (nSPS) is 14.2. The van der Waals surface area contributed by atoms with Crippen molar-refractivity contribution >= 4 is 33.0 Å². The zero-order chi connectivity index (χ0) is 19.2. The summed E-state index contributed by atoms with van der Waals surface area (Å²) in [6.45, 7) is 2.25. The standard InChI is InChI=1S/C19H20N4O3S/c1-13-18(22-10-4-3-7-17(22)20-13)19(24)21-15-9-8-14-6-5-11-23(16(14)12-15)27(2,25)26/h3-4,7-10,12H,5-6,11H2,1-2H3,(H,21,24). The minimum Gasteiger partial charge on any atom is -0.321 e. The number of aryl methyl sites for hydroxylation is 2. The van der Waals surface area contributed by atoms with E-state index in [1.165, 1.54) is 10.6 Å². The number of nitrogens with one attached hydrogen (secondary N) is 1. The summed E-state index contributed by atoms with van der Waals surface area (Å²) in [6.07, 6.45) is 4.60. The molecule has 2 aromatic heterocycles. The zero-order valence-electron chi connectivity index (χ0n) is 15.1. The Bertz CT molecular complexity index is 1150. The van der Waals surface area contributed by atoms with Crippen LogP contribution < -0.4 is 9.62 Å². The first-order valence-corrected chi connectivity index (χ1v) is 10.5. The highest BCUT2D eigenvalue weighted by Crippen LogP contribution is 2.32. The van der Waals surface area contributed by atoms with Crippen molar-refractivity contribution in [3.63, 3.8) is 0 Å². The van der Waals surface area contributed by atoms with Crippen molar-refractivity contribution in [3.8, 4) is 0 Å². The Morgan fingerprint density at radius 1 is 1.22 bits per heavy atom. The number of pyridine rings is 1. The molecule has 1 aliphatic heterocycles. The molecule has 4 rings (SSSR count). The second-order valence-electron chi connectivity index (χ2n) is 6.71. The van der Waals surface area contributed by atoms with Crippen LogP contribution in [-0.4, -0.2) is 36.5 Å². The van der Waals surface area contributed by atoms with Crippen LogP contribution in [0.1, 0.15) is 28.2 Å². The van der Waals surface area contributed by atoms with Gasteiger partial charge in [-0.15, -0.1) is 0 Å². The Morgan fingerprint density at radius 3 is 2.81 bits per heavy atom. The number of fused-ring (bicyclic) bond motifs is 2. The minimum atomic E-state index is -3.36. The summed E-state index contributed by atoms with van der Waals surface area (Å²) in [5.74, 6) is -0.284. The van der Waals surface area contributed by atoms with Gasteiger partial charge in [0.2, 0.25) is 10.0 Å². The van der Waals surface area contributed by atoms with E-state index in [1.54, 1.807) is 29.7 Å². The van der Waals surface area contributed by atoms with Crippen LogP contribution in [0, 0.1) is 6.92 Å². The number of nitrogens with zero attached hydrogens (tertiary/aromatic N) is 3. The maximum absolute atomic E-state index is 12.9. The van der Waals surface area contributed by atoms with Crippen LogP contribution in [0.5, 0.6) is 0 Å². The lowest BCUT2D eigenvalue weighted by Crippen LogP contribution is -2.34. The molecule has 8 heteroatoms. The second-order valence-corrected chi connectivity index (χ2v) is 8.62. The Labute approximate surface area is 157 Å². The number of anilines is 2. The van der Waals surface area contributed by atoms with Crippen LogP contribution in [0.2, 0.25) is 0 Å². The van der Waals surface area contributed by atoms with Crippen LogP contribution >= 0.6 is 0 Å². The third-order valence-electron chi connectivity index (χ3n) is 4.74. The summed E-state index contributed by atoms with van der Waals surface area (Å²) in [7, 11) is -3.36. The van der Waals surface area contributed by atoms with Gasteiger partial charge in [-0.3, -0.25) is 13.5 Å². The number of hydrogen-bond donors (Lipinski definition) is 1. The van der Waals surface area contributed by atoms with Gasteiger partial charge in [-0.25, -0.2) is 13.4 Å². The number of carbonyl (C=O) groups is 1. The maximum Gasteiger partial charge on any atom is 0.274 e. The molecule has 0 spiro atoms. The number of rotatable bonds is 3. The van der Waals surface area contributed by atoms with Gasteiger partial charge in [-0.1, -0.05) is 12.1 Å². The zero-order valence-corrected chi connectivity index (χ0v) is 16.0. The van der Waals surface area contributed by atoms with Crippen molar-refractivity contribution in [2.75, 3.05) is 22.4 Å². The summed E-state index contributed by atoms with van der Waals surface area (Å²) < 4.78 is 27.3. The van der Waals surface area contributed by atoms with Crippen LogP contribution in [-0.2, 0) is 16.4 Å². The van der Waals surface area contributed by atoms with E-state index in [0.717, 1.165) is 18.4 Å². The number of hydrogen-bond acceptors (Lipinski definition) is 4. The van der Waals surface area contributed by atoms with E-state index in [2.05, 4.69) is 10.3 Å². The molecule has 0 saturated carbocycles. The van der Waals surface area contributed by atoms with Gasteiger partial charge in [-0.2, -0.15) is 0 Å². The predicted molar refractivity (Wildman–Crippen MR) is 105 cm³/mol. The molecule has 0 aliphatic carbocycles. The van der Waals surface area contributed by atoms with Gasteiger partial charge >= 0.3 is 0 Å². The quantitative estimate of drug-likeness (QED) is 0.752. The monoisotopic (exact) mass is 384 g/mol. The van der Waals surface area contributed by atoms with Gasteiger partial charge < -0.3 is 5.32 Å². The summed E-state index contributed by atoms with van der Waals surface area (Å²) >= 11 is 0. The fourth-order valence-corrected chi connectivity index (χ4v) is 4.53. The smallest absolute Gasteiger partial charge is 0.274 e. The van der Waals surface area contributed by atoms with Gasteiger partial charge in [0.15, 0.2) is 0 Å². The van der Waals surface area contributed by atoms with Crippen molar-refractivity contribution in [3.05, 3.63) is 59.5 Å². The summed E-state index contributed by atoms with van der Waals surface area (Å²) in [5.41, 5.74) is 3.96. The van der Waals surface area contributed by atoms with Gasteiger partial charge in [-0.05, 0) is 49.6 Å². The third kappa shape index (κ3) is 3.16. The van der Waals surface area contributed by atoms with Crippen LogP contribution in [0.15, 0.2) is 42.6 Å². The highest BCUT2D eigenvalue weighted by molar-refractivity contribution is 7.92. The first-order chi connectivity index (χ1) is 12.8. The van der Waals surface area contributed by atoms with Crippen LogP contribution in [0.25, 0.3) is 5.65 Å². The predicted octanol–water partition coefficient (Wildman–Crippen LogP) is 2.61. The first kappa shape index (κ1) is 17.5. The number of carbonyl (C=O) groups excluding carboxylic acids is 1. The molecule has 1 aliphatic rings. The molecule has 0 bridgehead atoms. The van der Waals surface area contributed by atoms with Crippen LogP contribution in [0.3, 0.4) is 0 Å². The molecule has 0 saturated heterocycles. The van der Waals surface area contributed by atoms with E-state index in [1.807, 2.05) is 24.3 Å². The van der Waals surface area contributed by atoms with E-state index < -0.39 is 10.0 Å². The lowest BCUT2D eigenvalue weighted by Gasteiger charge is -2.29. The molecule has 0 radical (unpaired) electrons. The second kappa shape index (κ2) is 6.38. The largest absolute Gasteiger partial charge is 0.321 e. The van der Waals surface area contributed by atoms with E-state index in [-0.39, 0.29) is 5.91 Å². The molecule has 1 N–H and O–H groups in total. The highest BCUT2D eigenvalue weighted by Gasteiger charge is 2.25.